The first kappa shape index (κ1) is 19.6. The third-order valence-corrected chi connectivity index (χ3v) is 6.67. The summed E-state index contributed by atoms with van der Waals surface area (Å²) in [4.78, 5) is 37.3. The van der Waals surface area contributed by atoms with Gasteiger partial charge in [0.1, 0.15) is 17.6 Å². The van der Waals surface area contributed by atoms with E-state index in [0.717, 1.165) is 12.8 Å². The van der Waals surface area contributed by atoms with Crippen LogP contribution in [0.4, 0.5) is 5.69 Å². The molecule has 1 saturated heterocycles. The summed E-state index contributed by atoms with van der Waals surface area (Å²) in [6, 6.07) is 13.8. The number of ketones is 1. The lowest BCUT2D eigenvalue weighted by molar-refractivity contribution is -0.145. The monoisotopic (exact) mass is 421 g/mol. The third kappa shape index (κ3) is 3.54. The van der Waals surface area contributed by atoms with Crippen molar-refractivity contribution >= 4 is 23.3 Å². The molecule has 1 heterocycles. The van der Waals surface area contributed by atoms with Gasteiger partial charge in [-0.3, -0.25) is 14.4 Å². The Hall–Kier alpha value is -3.35. The highest BCUT2D eigenvalue weighted by Crippen LogP contribution is 2.57. The maximum atomic E-state index is 12.8. The fourth-order valence-corrected chi connectivity index (χ4v) is 5.25. The Kier molecular flexibility index (Phi) is 4.88. The fraction of sp³-hybridized carbons (Fsp3) is 0.375. The quantitative estimate of drug-likeness (QED) is 0.546. The number of carbonyl (C=O) groups excluding carboxylic acids is 3. The van der Waals surface area contributed by atoms with Gasteiger partial charge in [0.15, 0.2) is 12.4 Å². The highest BCUT2D eigenvalue weighted by molar-refractivity contribution is 5.98. The minimum absolute atomic E-state index is 0.0164. The van der Waals surface area contributed by atoms with Crippen LogP contribution < -0.4 is 14.8 Å². The zero-order valence-corrected chi connectivity index (χ0v) is 17.1. The number of Topliss-reactive ketones (excluding diaryl/α,β-unsaturated/α-hetero) is 1. The molecule has 160 valence electrons. The Balaban J connectivity index is 1.17. The van der Waals surface area contributed by atoms with Gasteiger partial charge in [0.2, 0.25) is 5.91 Å². The van der Waals surface area contributed by atoms with Crippen LogP contribution in [-0.4, -0.2) is 37.5 Å². The van der Waals surface area contributed by atoms with Crippen molar-refractivity contribution in [1.29, 1.82) is 0 Å². The molecule has 3 fully saturated rings. The van der Waals surface area contributed by atoms with Crippen LogP contribution >= 0.6 is 0 Å². The van der Waals surface area contributed by atoms with E-state index in [2.05, 4.69) is 5.32 Å². The molecule has 1 N–H and O–H groups in total. The van der Waals surface area contributed by atoms with E-state index in [1.54, 1.807) is 55.6 Å². The summed E-state index contributed by atoms with van der Waals surface area (Å²) in [6.07, 6.45) is 1.70. The van der Waals surface area contributed by atoms with Gasteiger partial charge in [-0.1, -0.05) is 12.1 Å². The van der Waals surface area contributed by atoms with Gasteiger partial charge in [0.05, 0.1) is 18.9 Å². The van der Waals surface area contributed by atoms with Gasteiger partial charge in [0, 0.05) is 17.2 Å². The molecule has 7 heteroatoms. The number of methoxy groups -OCH3 is 1. The first-order chi connectivity index (χ1) is 15.0. The predicted octanol–water partition coefficient (Wildman–Crippen LogP) is 3.09. The van der Waals surface area contributed by atoms with E-state index >= 15 is 0 Å². The van der Waals surface area contributed by atoms with Crippen LogP contribution in [0.25, 0.3) is 0 Å². The molecule has 7 nitrogen and oxygen atoms in total. The van der Waals surface area contributed by atoms with Crippen LogP contribution in [-0.2, 0) is 14.3 Å². The van der Waals surface area contributed by atoms with Crippen LogP contribution in [0, 0.1) is 23.7 Å². The lowest BCUT2D eigenvalue weighted by Crippen LogP contribution is -2.35. The van der Waals surface area contributed by atoms with Crippen molar-refractivity contribution in [2.75, 3.05) is 19.0 Å². The second-order valence-corrected chi connectivity index (χ2v) is 8.38. The molecule has 5 rings (SSSR count). The van der Waals surface area contributed by atoms with E-state index in [4.69, 9.17) is 14.2 Å². The van der Waals surface area contributed by atoms with E-state index in [-0.39, 0.29) is 54.0 Å². The van der Waals surface area contributed by atoms with Crippen molar-refractivity contribution in [3.05, 3.63) is 54.1 Å². The summed E-state index contributed by atoms with van der Waals surface area (Å²) in [5.41, 5.74) is 1.14. The topological polar surface area (TPSA) is 90.9 Å². The van der Waals surface area contributed by atoms with Gasteiger partial charge in [-0.15, -0.1) is 0 Å². The standard InChI is InChI=1S/C24H23NO6/c1-29-17-4-2-3-13(9-17)19(26)12-30-16-7-5-15(6-8-16)25-23(27)21-14-10-18-20(11-14)31-24(28)22(18)21/h2-9,14,18,20-22H,10-12H2,1H3,(H,25,27)/t14-,18-,20+,21+,22-/m0/s1. The van der Waals surface area contributed by atoms with E-state index in [9.17, 15) is 14.4 Å². The number of amides is 1. The van der Waals surface area contributed by atoms with E-state index < -0.39 is 0 Å². The molecule has 0 spiro atoms. The summed E-state index contributed by atoms with van der Waals surface area (Å²) in [5.74, 6) is 0.439. The van der Waals surface area contributed by atoms with Gasteiger partial charge >= 0.3 is 5.97 Å². The van der Waals surface area contributed by atoms with Crippen LogP contribution in [0.5, 0.6) is 11.5 Å². The van der Waals surface area contributed by atoms with Crippen LogP contribution in [0.3, 0.4) is 0 Å². The summed E-state index contributed by atoms with van der Waals surface area (Å²) in [6.45, 7) is -0.102. The Morgan fingerprint density at radius 2 is 1.90 bits per heavy atom. The van der Waals surface area contributed by atoms with Gasteiger partial charge in [-0.2, -0.15) is 0 Å². The second-order valence-electron chi connectivity index (χ2n) is 8.38. The molecule has 0 unspecified atom stereocenters. The van der Waals surface area contributed by atoms with Gasteiger partial charge in [-0.05, 0) is 55.2 Å². The average Bonchev–Trinajstić information content (AvgIpc) is 3.41. The Morgan fingerprint density at radius 3 is 2.68 bits per heavy atom. The summed E-state index contributed by atoms with van der Waals surface area (Å²) >= 11 is 0. The van der Waals surface area contributed by atoms with E-state index in [0.29, 0.717) is 22.7 Å². The van der Waals surface area contributed by atoms with E-state index in [1.165, 1.54) is 0 Å². The number of anilines is 1. The maximum Gasteiger partial charge on any atom is 0.310 e. The molecule has 5 atom stereocenters. The number of nitrogens with one attached hydrogen (secondary N) is 1. The van der Waals surface area contributed by atoms with Crippen molar-refractivity contribution in [2.24, 2.45) is 23.7 Å². The molecule has 2 bridgehead atoms. The van der Waals surface area contributed by atoms with Gasteiger partial charge in [0.25, 0.3) is 0 Å². The Bertz CT molecular complexity index is 1030. The zero-order chi connectivity index (χ0) is 21.5. The molecule has 0 radical (unpaired) electrons. The number of hydrogen-bond donors (Lipinski definition) is 1. The molecule has 31 heavy (non-hydrogen) atoms. The molecule has 0 aromatic heterocycles. The molecule has 2 aromatic rings. The van der Waals surface area contributed by atoms with E-state index in [1.807, 2.05) is 0 Å². The normalized spacial score (nSPS) is 27.6. The van der Waals surface area contributed by atoms with Gasteiger partial charge in [-0.25, -0.2) is 0 Å². The predicted molar refractivity (Wildman–Crippen MR) is 111 cm³/mol. The molecule has 2 aliphatic carbocycles. The van der Waals surface area contributed by atoms with Crippen molar-refractivity contribution < 1.29 is 28.6 Å². The van der Waals surface area contributed by atoms with Crippen molar-refractivity contribution in [1.82, 2.24) is 0 Å². The lowest BCUT2D eigenvalue weighted by atomic mass is 9.79. The maximum absolute atomic E-state index is 12.8. The lowest BCUT2D eigenvalue weighted by Gasteiger charge is -2.23. The number of hydrogen-bond acceptors (Lipinski definition) is 6. The number of rotatable bonds is 7. The average molecular weight is 421 g/mol. The molecule has 1 aliphatic heterocycles. The Morgan fingerprint density at radius 1 is 1.10 bits per heavy atom. The fourth-order valence-electron chi connectivity index (χ4n) is 5.25. The first-order valence-electron chi connectivity index (χ1n) is 10.4. The SMILES string of the molecule is COc1cccc(C(=O)COc2ccc(NC(=O)[C@@H]3[C@H]4C[C@@H]5[C@@H]3C(=O)O[C@@H]5C4)cc2)c1. The molecule has 1 amide bonds. The van der Waals surface area contributed by atoms with Crippen molar-refractivity contribution in [3.63, 3.8) is 0 Å². The van der Waals surface area contributed by atoms with Crippen LogP contribution in [0.1, 0.15) is 23.2 Å². The molecule has 2 aromatic carbocycles. The number of ether oxygens (including phenoxy) is 3. The summed E-state index contributed by atoms with van der Waals surface area (Å²) in [5, 5.41) is 2.92. The highest BCUT2D eigenvalue weighted by Gasteiger charge is 2.63. The van der Waals surface area contributed by atoms with Gasteiger partial charge < -0.3 is 19.5 Å². The number of benzene rings is 2. The Labute approximate surface area is 179 Å². The number of esters is 1. The first-order valence-corrected chi connectivity index (χ1v) is 10.4. The molecule has 3 aliphatic rings. The molecular formula is C24H23NO6. The largest absolute Gasteiger partial charge is 0.497 e. The molecule has 2 saturated carbocycles. The number of carbonyl (C=O) groups is 3. The summed E-state index contributed by atoms with van der Waals surface area (Å²) in [7, 11) is 1.55. The smallest absolute Gasteiger partial charge is 0.310 e. The van der Waals surface area contributed by atoms with Crippen LogP contribution in [0.2, 0.25) is 0 Å². The van der Waals surface area contributed by atoms with Crippen molar-refractivity contribution in [3.8, 4) is 11.5 Å². The zero-order valence-electron chi connectivity index (χ0n) is 17.1. The highest BCUT2D eigenvalue weighted by atomic mass is 16.6. The summed E-state index contributed by atoms with van der Waals surface area (Å²) < 4.78 is 16.1. The minimum atomic E-state index is -0.312. The molecular weight excluding hydrogens is 398 g/mol. The third-order valence-electron chi connectivity index (χ3n) is 6.67. The van der Waals surface area contributed by atoms with Crippen LogP contribution in [0.15, 0.2) is 48.5 Å². The second kappa shape index (κ2) is 7.72. The van der Waals surface area contributed by atoms with Crippen molar-refractivity contribution in [2.45, 2.75) is 18.9 Å². The minimum Gasteiger partial charge on any atom is -0.497 e. The number of fused-ring (bicyclic) bond motifs is 1.